The standard InChI is InChI=1S/C19H25N5O2/c1-5-23-14(3)17(13(2)22-23)12-20-19(25)8-9-24-18-7-6-16(26-4)10-15(18)11-21-24/h6-7,10-11H,5,8-9,12H2,1-4H3,(H,20,25). The molecule has 7 heteroatoms. The van der Waals surface area contributed by atoms with Crippen LogP contribution in [0.2, 0.25) is 0 Å². The van der Waals surface area contributed by atoms with E-state index >= 15 is 0 Å². The maximum absolute atomic E-state index is 12.2. The number of carbonyl (C=O) groups excluding carboxylic acids is 1. The lowest BCUT2D eigenvalue weighted by Crippen LogP contribution is -2.24. The van der Waals surface area contributed by atoms with E-state index in [0.717, 1.165) is 40.1 Å². The first kappa shape index (κ1) is 18.0. The van der Waals surface area contributed by atoms with Gasteiger partial charge >= 0.3 is 0 Å². The van der Waals surface area contributed by atoms with Gasteiger partial charge in [0.1, 0.15) is 5.75 Å². The summed E-state index contributed by atoms with van der Waals surface area (Å²) in [6.45, 7) is 7.95. The highest BCUT2D eigenvalue weighted by Crippen LogP contribution is 2.20. The van der Waals surface area contributed by atoms with Crippen LogP contribution >= 0.6 is 0 Å². The number of hydrogen-bond donors (Lipinski definition) is 1. The van der Waals surface area contributed by atoms with E-state index < -0.39 is 0 Å². The number of aromatic nitrogens is 4. The largest absolute Gasteiger partial charge is 0.497 e. The lowest BCUT2D eigenvalue weighted by Gasteiger charge is -2.07. The minimum Gasteiger partial charge on any atom is -0.497 e. The number of carbonyl (C=O) groups is 1. The molecule has 0 radical (unpaired) electrons. The molecule has 2 heterocycles. The minimum absolute atomic E-state index is 0.00482. The number of fused-ring (bicyclic) bond motifs is 1. The number of aryl methyl sites for hydroxylation is 3. The smallest absolute Gasteiger partial charge is 0.222 e. The Morgan fingerprint density at radius 1 is 1.27 bits per heavy atom. The Kier molecular flexibility index (Phi) is 5.25. The summed E-state index contributed by atoms with van der Waals surface area (Å²) in [5.41, 5.74) is 4.17. The van der Waals surface area contributed by atoms with Crippen LogP contribution in [0.5, 0.6) is 5.75 Å². The van der Waals surface area contributed by atoms with E-state index in [4.69, 9.17) is 4.74 Å². The summed E-state index contributed by atoms with van der Waals surface area (Å²) in [7, 11) is 1.64. The molecule has 1 aromatic carbocycles. The lowest BCUT2D eigenvalue weighted by atomic mass is 10.2. The third-order valence-corrected chi connectivity index (χ3v) is 4.69. The van der Waals surface area contributed by atoms with Gasteiger partial charge in [-0.1, -0.05) is 0 Å². The number of ether oxygens (including phenoxy) is 1. The van der Waals surface area contributed by atoms with Crippen molar-refractivity contribution in [3.63, 3.8) is 0 Å². The van der Waals surface area contributed by atoms with Crippen molar-refractivity contribution in [2.75, 3.05) is 7.11 Å². The molecular weight excluding hydrogens is 330 g/mol. The molecule has 0 aliphatic rings. The average molecular weight is 355 g/mol. The van der Waals surface area contributed by atoms with Crippen molar-refractivity contribution >= 4 is 16.8 Å². The number of methoxy groups -OCH3 is 1. The van der Waals surface area contributed by atoms with Crippen LogP contribution in [0, 0.1) is 13.8 Å². The van der Waals surface area contributed by atoms with Crippen LogP contribution in [0.25, 0.3) is 10.9 Å². The van der Waals surface area contributed by atoms with Crippen molar-refractivity contribution < 1.29 is 9.53 Å². The molecule has 1 N–H and O–H groups in total. The first-order valence-electron chi connectivity index (χ1n) is 8.82. The number of benzene rings is 1. The third kappa shape index (κ3) is 3.56. The molecule has 3 rings (SSSR count). The lowest BCUT2D eigenvalue weighted by molar-refractivity contribution is -0.121. The molecule has 0 atom stereocenters. The summed E-state index contributed by atoms with van der Waals surface area (Å²) >= 11 is 0. The Hall–Kier alpha value is -2.83. The number of amides is 1. The van der Waals surface area contributed by atoms with E-state index in [2.05, 4.69) is 22.4 Å². The molecular formula is C19H25N5O2. The summed E-state index contributed by atoms with van der Waals surface area (Å²) in [5, 5.41) is 12.9. The van der Waals surface area contributed by atoms with E-state index in [1.807, 2.05) is 41.4 Å². The summed E-state index contributed by atoms with van der Waals surface area (Å²) in [6, 6.07) is 5.80. The van der Waals surface area contributed by atoms with Crippen LogP contribution in [0.3, 0.4) is 0 Å². The molecule has 0 fully saturated rings. The van der Waals surface area contributed by atoms with Crippen molar-refractivity contribution in [3.8, 4) is 5.75 Å². The van der Waals surface area contributed by atoms with Crippen LogP contribution in [0.1, 0.15) is 30.3 Å². The highest BCUT2D eigenvalue weighted by molar-refractivity contribution is 5.80. The van der Waals surface area contributed by atoms with Crippen molar-refractivity contribution in [3.05, 3.63) is 41.3 Å². The quantitative estimate of drug-likeness (QED) is 0.707. The molecule has 7 nitrogen and oxygen atoms in total. The molecule has 0 saturated heterocycles. The maximum Gasteiger partial charge on any atom is 0.222 e. The summed E-state index contributed by atoms with van der Waals surface area (Å²) in [4.78, 5) is 12.2. The van der Waals surface area contributed by atoms with E-state index in [0.29, 0.717) is 19.5 Å². The zero-order chi connectivity index (χ0) is 18.7. The van der Waals surface area contributed by atoms with Gasteiger partial charge in [-0.2, -0.15) is 10.2 Å². The van der Waals surface area contributed by atoms with Gasteiger partial charge < -0.3 is 10.1 Å². The topological polar surface area (TPSA) is 74.0 Å². The number of nitrogens with zero attached hydrogens (tertiary/aromatic N) is 4. The number of hydrogen-bond acceptors (Lipinski definition) is 4. The van der Waals surface area contributed by atoms with E-state index in [1.165, 1.54) is 0 Å². The Balaban J connectivity index is 1.59. The van der Waals surface area contributed by atoms with Gasteiger partial charge in [0.15, 0.2) is 0 Å². The minimum atomic E-state index is 0.00482. The Labute approximate surface area is 152 Å². The molecule has 2 aromatic heterocycles. The zero-order valence-corrected chi connectivity index (χ0v) is 15.7. The number of rotatable bonds is 7. The first-order chi connectivity index (χ1) is 12.5. The molecule has 3 aromatic rings. The third-order valence-electron chi connectivity index (χ3n) is 4.69. The fraction of sp³-hybridized carbons (Fsp3) is 0.421. The second kappa shape index (κ2) is 7.59. The van der Waals surface area contributed by atoms with E-state index in [-0.39, 0.29) is 5.91 Å². The molecule has 0 aliphatic carbocycles. The average Bonchev–Trinajstić information content (AvgIpc) is 3.18. The second-order valence-corrected chi connectivity index (χ2v) is 6.28. The van der Waals surface area contributed by atoms with Crippen LogP contribution in [0.15, 0.2) is 24.4 Å². The summed E-state index contributed by atoms with van der Waals surface area (Å²) in [5.74, 6) is 0.804. The monoisotopic (exact) mass is 355 g/mol. The molecule has 1 amide bonds. The fourth-order valence-electron chi connectivity index (χ4n) is 3.15. The van der Waals surface area contributed by atoms with Gasteiger partial charge in [-0.15, -0.1) is 0 Å². The van der Waals surface area contributed by atoms with Gasteiger partial charge in [0, 0.05) is 36.2 Å². The van der Waals surface area contributed by atoms with E-state index in [1.54, 1.807) is 13.3 Å². The number of nitrogens with one attached hydrogen (secondary N) is 1. The van der Waals surface area contributed by atoms with Crippen molar-refractivity contribution in [1.82, 2.24) is 24.9 Å². The van der Waals surface area contributed by atoms with Crippen molar-refractivity contribution in [1.29, 1.82) is 0 Å². The molecule has 0 unspecified atom stereocenters. The van der Waals surface area contributed by atoms with Gasteiger partial charge in [-0.05, 0) is 39.0 Å². The molecule has 26 heavy (non-hydrogen) atoms. The first-order valence-corrected chi connectivity index (χ1v) is 8.82. The van der Waals surface area contributed by atoms with Gasteiger partial charge in [-0.3, -0.25) is 14.2 Å². The van der Waals surface area contributed by atoms with Crippen LogP contribution in [-0.4, -0.2) is 32.6 Å². The highest BCUT2D eigenvalue weighted by atomic mass is 16.5. The van der Waals surface area contributed by atoms with E-state index in [9.17, 15) is 4.79 Å². The molecule has 0 saturated carbocycles. The molecule has 0 aliphatic heterocycles. The van der Waals surface area contributed by atoms with Crippen LogP contribution in [0.4, 0.5) is 0 Å². The predicted molar refractivity (Wildman–Crippen MR) is 100 cm³/mol. The van der Waals surface area contributed by atoms with Crippen molar-refractivity contribution in [2.45, 2.75) is 46.8 Å². The molecule has 0 bridgehead atoms. The van der Waals surface area contributed by atoms with Gasteiger partial charge in [0.2, 0.25) is 5.91 Å². The van der Waals surface area contributed by atoms with Crippen LogP contribution in [-0.2, 0) is 24.4 Å². The SMILES string of the molecule is CCn1nc(C)c(CNC(=O)CCn2ncc3cc(OC)ccc32)c1C. The van der Waals surface area contributed by atoms with Gasteiger partial charge in [0.05, 0.1) is 31.1 Å². The fourth-order valence-corrected chi connectivity index (χ4v) is 3.15. The Morgan fingerprint density at radius 3 is 2.77 bits per heavy atom. The Bertz CT molecular complexity index is 926. The Morgan fingerprint density at radius 2 is 2.08 bits per heavy atom. The summed E-state index contributed by atoms with van der Waals surface area (Å²) < 4.78 is 9.03. The molecule has 0 spiro atoms. The van der Waals surface area contributed by atoms with Gasteiger partial charge in [-0.25, -0.2) is 0 Å². The zero-order valence-electron chi connectivity index (χ0n) is 15.7. The summed E-state index contributed by atoms with van der Waals surface area (Å²) in [6.07, 6.45) is 2.17. The molecule has 138 valence electrons. The van der Waals surface area contributed by atoms with Gasteiger partial charge in [0.25, 0.3) is 0 Å². The normalized spacial score (nSPS) is 11.1. The van der Waals surface area contributed by atoms with Crippen molar-refractivity contribution in [2.24, 2.45) is 0 Å². The predicted octanol–water partition coefficient (Wildman–Crippen LogP) is 2.58. The van der Waals surface area contributed by atoms with Crippen LogP contribution < -0.4 is 10.1 Å². The maximum atomic E-state index is 12.2. The highest BCUT2D eigenvalue weighted by Gasteiger charge is 2.12. The second-order valence-electron chi connectivity index (χ2n) is 6.28.